The Bertz CT molecular complexity index is 348. The summed E-state index contributed by atoms with van der Waals surface area (Å²) >= 11 is 2.76. The lowest BCUT2D eigenvalue weighted by atomic mass is 10.4. The third kappa shape index (κ3) is 1.78. The van der Waals surface area contributed by atoms with Crippen LogP contribution in [0.3, 0.4) is 0 Å². The van der Waals surface area contributed by atoms with Crippen LogP contribution in [-0.2, 0) is 0 Å². The van der Waals surface area contributed by atoms with E-state index in [1.54, 1.807) is 0 Å². The van der Waals surface area contributed by atoms with E-state index < -0.39 is 21.2 Å². The highest BCUT2D eigenvalue weighted by Crippen LogP contribution is 2.31. The lowest BCUT2D eigenvalue weighted by Crippen LogP contribution is -1.95. The van der Waals surface area contributed by atoms with Gasteiger partial charge in [0.2, 0.25) is 0 Å². The van der Waals surface area contributed by atoms with Gasteiger partial charge in [-0.2, -0.15) is 0 Å². The largest absolute Gasteiger partial charge is 0.308 e. The van der Waals surface area contributed by atoms with Gasteiger partial charge in [0.1, 0.15) is 12.4 Å². The molecule has 0 aromatic carbocycles. The molecule has 13 heavy (non-hydrogen) atoms. The van der Waals surface area contributed by atoms with Gasteiger partial charge in [0.05, 0.1) is 9.85 Å². The Morgan fingerprint density at radius 3 is 1.85 bits per heavy atom. The first-order valence-electron chi connectivity index (χ1n) is 2.96. The topological polar surface area (TPSA) is 99.2 Å². The minimum Gasteiger partial charge on any atom is -0.258 e. The Kier molecular flexibility index (Phi) is 2.52. The molecule has 1 heterocycles. The van der Waals surface area contributed by atoms with E-state index in [0.29, 0.717) is 0 Å². The smallest absolute Gasteiger partial charge is 0.258 e. The molecule has 1 rings (SSSR count). The molecule has 0 saturated heterocycles. The van der Waals surface area contributed by atoms with Gasteiger partial charge in [0.15, 0.2) is 4.47 Å². The van der Waals surface area contributed by atoms with Crippen molar-refractivity contribution < 1.29 is 9.85 Å². The number of rotatable bonds is 2. The van der Waals surface area contributed by atoms with Crippen molar-refractivity contribution in [2.45, 2.75) is 0 Å². The summed E-state index contributed by atoms with van der Waals surface area (Å²) < 4.78 is -0.169. The minimum absolute atomic E-state index is 0.169. The molecule has 0 aliphatic carbocycles. The molecule has 0 bridgehead atoms. The molecular weight excluding hydrogens is 246 g/mol. The van der Waals surface area contributed by atoms with Gasteiger partial charge in [-0.3, -0.25) is 25.2 Å². The van der Waals surface area contributed by atoms with Gasteiger partial charge >= 0.3 is 11.4 Å². The van der Waals surface area contributed by atoms with Gasteiger partial charge in [-0.15, -0.1) is 0 Å². The minimum atomic E-state index is -0.746. The maximum absolute atomic E-state index is 10.3. The fourth-order valence-electron chi connectivity index (χ4n) is 0.678. The molecule has 7 nitrogen and oxygen atoms in total. The average molecular weight is 248 g/mol. The normalized spacial score (nSPS) is 9.62. The molecule has 0 aliphatic heterocycles. The summed E-state index contributed by atoms with van der Waals surface area (Å²) in [6.07, 6.45) is 1.88. The number of aromatic nitrogens is 1. The summed E-state index contributed by atoms with van der Waals surface area (Å²) in [5.41, 5.74) is -0.844. The van der Waals surface area contributed by atoms with E-state index in [2.05, 4.69) is 20.9 Å². The lowest BCUT2D eigenvalue weighted by Gasteiger charge is -1.94. The predicted octanol–water partition coefficient (Wildman–Crippen LogP) is 1.66. The Labute approximate surface area is 79.8 Å². The van der Waals surface area contributed by atoms with E-state index in [1.807, 2.05) is 0 Å². The zero-order valence-corrected chi connectivity index (χ0v) is 7.59. The molecule has 0 saturated carbocycles. The molecule has 0 N–H and O–H groups in total. The first-order chi connectivity index (χ1) is 6.04. The summed E-state index contributed by atoms with van der Waals surface area (Å²) in [5, 5.41) is 20.6. The van der Waals surface area contributed by atoms with Gasteiger partial charge in [0.25, 0.3) is 0 Å². The summed E-state index contributed by atoms with van der Waals surface area (Å²) in [5.74, 6) is 0. The monoisotopic (exact) mass is 247 g/mol. The molecule has 0 unspecified atom stereocenters. The number of hydrogen-bond donors (Lipinski definition) is 0. The van der Waals surface area contributed by atoms with Gasteiger partial charge in [-0.25, -0.2) is 0 Å². The highest BCUT2D eigenvalue weighted by molar-refractivity contribution is 9.10. The molecule has 0 spiro atoms. The van der Waals surface area contributed by atoms with Gasteiger partial charge in [-0.05, 0) is 15.9 Å². The van der Waals surface area contributed by atoms with E-state index in [0.717, 1.165) is 12.4 Å². The van der Waals surface area contributed by atoms with Crippen molar-refractivity contribution in [3.63, 3.8) is 0 Å². The Hall–Kier alpha value is -1.57. The van der Waals surface area contributed by atoms with E-state index in [1.165, 1.54) is 0 Å². The number of halogens is 1. The maximum atomic E-state index is 10.3. The Balaban J connectivity index is 3.35. The van der Waals surface area contributed by atoms with Gasteiger partial charge < -0.3 is 0 Å². The second kappa shape index (κ2) is 3.44. The summed E-state index contributed by atoms with van der Waals surface area (Å²) in [6, 6.07) is 0. The van der Waals surface area contributed by atoms with Crippen LogP contribution in [0.25, 0.3) is 0 Å². The highest BCUT2D eigenvalue weighted by Gasteiger charge is 2.22. The average Bonchev–Trinajstić information content (AvgIpc) is 2.03. The second-order valence-electron chi connectivity index (χ2n) is 2.01. The molecule has 0 amide bonds. The second-order valence-corrected chi connectivity index (χ2v) is 2.80. The van der Waals surface area contributed by atoms with Crippen molar-refractivity contribution in [3.8, 4) is 0 Å². The number of pyridine rings is 1. The Morgan fingerprint density at radius 1 is 1.15 bits per heavy atom. The first kappa shape index (κ1) is 9.52. The highest BCUT2D eigenvalue weighted by atomic mass is 79.9. The standard InChI is InChI=1S/C5H2BrN3O4/c6-5-3(8(10)11)1-7-2-4(5)9(12)13/h1-2H. The molecule has 0 radical (unpaired) electrons. The van der Waals surface area contributed by atoms with Crippen molar-refractivity contribution in [3.05, 3.63) is 37.1 Å². The van der Waals surface area contributed by atoms with Gasteiger partial charge in [-0.1, -0.05) is 0 Å². The van der Waals surface area contributed by atoms with Crippen LogP contribution in [0.4, 0.5) is 11.4 Å². The first-order valence-corrected chi connectivity index (χ1v) is 3.75. The van der Waals surface area contributed by atoms with Crippen LogP contribution >= 0.6 is 15.9 Å². The lowest BCUT2D eigenvalue weighted by molar-refractivity contribution is -0.396. The zero-order chi connectivity index (χ0) is 10.0. The SMILES string of the molecule is O=[N+]([O-])c1cncc([N+](=O)[O-])c1Br. The van der Waals surface area contributed by atoms with Crippen LogP contribution in [0.2, 0.25) is 0 Å². The number of nitro groups is 2. The zero-order valence-electron chi connectivity index (χ0n) is 6.01. The summed E-state index contributed by atoms with van der Waals surface area (Å²) in [4.78, 5) is 22.5. The summed E-state index contributed by atoms with van der Waals surface area (Å²) in [7, 11) is 0. The van der Waals surface area contributed by atoms with Crippen LogP contribution in [0.15, 0.2) is 16.9 Å². The van der Waals surface area contributed by atoms with Crippen LogP contribution in [0, 0.1) is 20.2 Å². The quantitative estimate of drug-likeness (QED) is 0.585. The van der Waals surface area contributed by atoms with E-state index in [-0.39, 0.29) is 4.47 Å². The van der Waals surface area contributed by atoms with Crippen LogP contribution < -0.4 is 0 Å². The predicted molar refractivity (Wildman–Crippen MR) is 45.2 cm³/mol. The van der Waals surface area contributed by atoms with Gasteiger partial charge in [0, 0.05) is 0 Å². The maximum Gasteiger partial charge on any atom is 0.308 e. The third-order valence-electron chi connectivity index (χ3n) is 1.24. The van der Waals surface area contributed by atoms with Crippen LogP contribution in [0.1, 0.15) is 0 Å². The fraction of sp³-hybridized carbons (Fsp3) is 0. The van der Waals surface area contributed by atoms with Crippen LogP contribution in [0.5, 0.6) is 0 Å². The number of nitrogens with zero attached hydrogens (tertiary/aromatic N) is 3. The van der Waals surface area contributed by atoms with Crippen molar-refractivity contribution in [2.75, 3.05) is 0 Å². The third-order valence-corrected chi connectivity index (χ3v) is 2.05. The molecule has 0 atom stereocenters. The molecule has 1 aromatic heterocycles. The molecule has 0 fully saturated rings. The van der Waals surface area contributed by atoms with E-state index >= 15 is 0 Å². The number of hydrogen-bond acceptors (Lipinski definition) is 5. The van der Waals surface area contributed by atoms with E-state index in [4.69, 9.17) is 0 Å². The summed E-state index contributed by atoms with van der Waals surface area (Å²) in [6.45, 7) is 0. The van der Waals surface area contributed by atoms with Crippen molar-refractivity contribution in [1.29, 1.82) is 0 Å². The molecule has 0 aliphatic rings. The molecule has 1 aromatic rings. The van der Waals surface area contributed by atoms with Crippen molar-refractivity contribution in [1.82, 2.24) is 4.98 Å². The van der Waals surface area contributed by atoms with E-state index in [9.17, 15) is 20.2 Å². The van der Waals surface area contributed by atoms with Crippen molar-refractivity contribution >= 4 is 27.3 Å². The van der Waals surface area contributed by atoms with Crippen LogP contribution in [-0.4, -0.2) is 14.8 Å². The van der Waals surface area contributed by atoms with Crippen molar-refractivity contribution in [2.24, 2.45) is 0 Å². The molecule has 8 heteroatoms. The Morgan fingerprint density at radius 2 is 1.54 bits per heavy atom. The molecule has 68 valence electrons. The fourth-order valence-corrected chi connectivity index (χ4v) is 1.17. The molecular formula is C5H2BrN3O4.